The topological polar surface area (TPSA) is 171 Å². The molecule has 14 nitrogen and oxygen atoms in total. The fraction of sp³-hybridized carbons (Fsp3) is 0.567. The highest BCUT2D eigenvalue weighted by Gasteiger charge is 2.53. The van der Waals surface area contributed by atoms with Gasteiger partial charge in [-0.2, -0.15) is 0 Å². The van der Waals surface area contributed by atoms with Crippen LogP contribution in [0, 0.1) is 0 Å². The van der Waals surface area contributed by atoms with Gasteiger partial charge in [0.1, 0.15) is 24.5 Å². The quantitative estimate of drug-likeness (QED) is 0.217. The number of fused-ring (bicyclic) bond motifs is 1. The summed E-state index contributed by atoms with van der Waals surface area (Å²) in [6, 6.07) is 4.78. The van der Waals surface area contributed by atoms with Crippen LogP contribution in [-0.2, 0) is 57.1 Å². The number of carbonyl (C=O) groups is 5. The molecule has 0 radical (unpaired) electrons. The van der Waals surface area contributed by atoms with E-state index in [1.807, 2.05) is 6.07 Å². The summed E-state index contributed by atoms with van der Waals surface area (Å²) in [5.41, 5.74) is 2.20. The number of hydrogen-bond donors (Lipinski definition) is 1. The molecule has 1 N–H and O–H groups in total. The van der Waals surface area contributed by atoms with E-state index in [-0.39, 0.29) is 19.1 Å². The van der Waals surface area contributed by atoms with Crippen molar-refractivity contribution in [3.05, 3.63) is 35.6 Å². The number of hydrogen-bond acceptors (Lipinski definition) is 14. The van der Waals surface area contributed by atoms with Crippen molar-refractivity contribution in [1.29, 1.82) is 0 Å². The second-order valence-electron chi connectivity index (χ2n) is 10.3. The van der Waals surface area contributed by atoms with Gasteiger partial charge in [0.15, 0.2) is 12.2 Å². The molecule has 2 aliphatic heterocycles. The van der Waals surface area contributed by atoms with Crippen LogP contribution in [0.2, 0.25) is 0 Å². The average molecular weight is 622 g/mol. The Morgan fingerprint density at radius 3 is 2.11 bits per heavy atom. The van der Waals surface area contributed by atoms with Crippen LogP contribution in [0.3, 0.4) is 0 Å². The summed E-state index contributed by atoms with van der Waals surface area (Å²) in [5, 5.41) is 3.21. The number of ether oxygens (including phenoxy) is 8. The minimum Gasteiger partial charge on any atom is -0.497 e. The Morgan fingerprint density at radius 1 is 0.886 bits per heavy atom. The summed E-state index contributed by atoms with van der Waals surface area (Å²) in [6.45, 7) is 7.94. The fourth-order valence-electron chi connectivity index (χ4n) is 5.08. The third-order valence-corrected chi connectivity index (χ3v) is 6.89. The van der Waals surface area contributed by atoms with E-state index in [2.05, 4.69) is 5.32 Å². The predicted molar refractivity (Wildman–Crippen MR) is 151 cm³/mol. The first-order valence-electron chi connectivity index (χ1n) is 14.1. The van der Waals surface area contributed by atoms with Crippen molar-refractivity contribution in [2.75, 3.05) is 25.6 Å². The predicted octanol–water partition coefficient (Wildman–Crippen LogP) is 2.53. The number of anilines is 1. The number of allylic oxidation sites excluding steroid dienone is 1. The summed E-state index contributed by atoms with van der Waals surface area (Å²) in [4.78, 5) is 60.5. The Balaban J connectivity index is 1.99. The maximum atomic E-state index is 12.7. The maximum Gasteiger partial charge on any atom is 0.328 e. The first-order valence-corrected chi connectivity index (χ1v) is 14.1. The van der Waals surface area contributed by atoms with E-state index in [0.29, 0.717) is 23.4 Å². The molecule has 0 spiro atoms. The standard InChI is InChI=1S/C30H39NO13/c1-8-38-29(36)24-12-21(22-11-20(37-7)9-10-23(22)31-24)15(2)13-40-30-28(43-19(6)35)27(42-18(5)34)26(41-17(4)33)25(44-30)14-39-16(3)32/h9-11,13,21,24-28,30-31H,8,12,14H2,1-7H3/b15-13+/t21-,24+,25-,26-,27+,28-,30-/m1/s1. The van der Waals surface area contributed by atoms with E-state index < -0.39 is 66.6 Å². The summed E-state index contributed by atoms with van der Waals surface area (Å²) in [5.74, 6) is -3.02. The van der Waals surface area contributed by atoms with E-state index in [1.165, 1.54) is 13.2 Å². The summed E-state index contributed by atoms with van der Waals surface area (Å²) in [6.07, 6.45) is -4.89. The van der Waals surface area contributed by atoms with E-state index in [1.54, 1.807) is 33.1 Å². The second kappa shape index (κ2) is 15.4. The van der Waals surface area contributed by atoms with E-state index in [0.717, 1.165) is 26.3 Å². The van der Waals surface area contributed by atoms with E-state index in [4.69, 9.17) is 37.9 Å². The van der Waals surface area contributed by atoms with Gasteiger partial charge in [0.25, 0.3) is 0 Å². The largest absolute Gasteiger partial charge is 0.497 e. The number of carbonyl (C=O) groups excluding carboxylic acids is 5. The van der Waals surface area contributed by atoms with Crippen LogP contribution in [-0.4, -0.2) is 86.9 Å². The molecule has 1 fully saturated rings. The summed E-state index contributed by atoms with van der Waals surface area (Å²) in [7, 11) is 1.55. The van der Waals surface area contributed by atoms with Crippen molar-refractivity contribution in [2.45, 2.75) is 90.6 Å². The Bertz CT molecular complexity index is 1260. The van der Waals surface area contributed by atoms with E-state index in [9.17, 15) is 24.0 Å². The van der Waals surface area contributed by atoms with Gasteiger partial charge in [-0.3, -0.25) is 19.2 Å². The van der Waals surface area contributed by atoms with E-state index >= 15 is 0 Å². The molecule has 2 aliphatic rings. The van der Waals surface area contributed by atoms with Crippen LogP contribution in [0.1, 0.15) is 59.4 Å². The molecule has 3 rings (SSSR count). The van der Waals surface area contributed by atoms with Gasteiger partial charge in [-0.25, -0.2) is 4.79 Å². The minimum atomic E-state index is -1.39. The normalized spacial score (nSPS) is 26.2. The molecular formula is C30H39NO13. The first kappa shape index (κ1) is 34.2. The lowest BCUT2D eigenvalue weighted by molar-refractivity contribution is -0.297. The third-order valence-electron chi connectivity index (χ3n) is 6.89. The SMILES string of the molecule is CCOC(=O)[C@@H]1C[C@H](/C(C)=C/O[C@@H]2O[C@H](COC(C)=O)[C@@H](OC(C)=O)[C@H](OC(C)=O)[C@H]2OC(C)=O)c2cc(OC)ccc2N1. The zero-order chi connectivity index (χ0) is 32.6. The lowest BCUT2D eigenvalue weighted by Crippen LogP contribution is -2.62. The number of methoxy groups -OCH3 is 1. The van der Waals surface area contributed by atoms with Gasteiger partial charge in [0, 0.05) is 39.3 Å². The van der Waals surface area contributed by atoms with Crippen LogP contribution in [0.4, 0.5) is 5.69 Å². The number of rotatable bonds is 11. The first-order chi connectivity index (χ1) is 20.8. The number of benzene rings is 1. The Morgan fingerprint density at radius 2 is 1.52 bits per heavy atom. The van der Waals surface area contributed by atoms with Gasteiger partial charge in [-0.1, -0.05) is 0 Å². The molecule has 0 bridgehead atoms. The third kappa shape index (κ3) is 8.85. The molecule has 44 heavy (non-hydrogen) atoms. The monoisotopic (exact) mass is 621 g/mol. The second-order valence-corrected chi connectivity index (χ2v) is 10.3. The van der Waals surface area contributed by atoms with Gasteiger partial charge < -0.3 is 43.2 Å². The van der Waals surface area contributed by atoms with Crippen molar-refractivity contribution in [3.63, 3.8) is 0 Å². The number of nitrogens with one attached hydrogen (secondary N) is 1. The highest BCUT2D eigenvalue weighted by atomic mass is 16.7. The zero-order valence-corrected chi connectivity index (χ0v) is 25.8. The highest BCUT2D eigenvalue weighted by molar-refractivity contribution is 5.81. The molecule has 2 heterocycles. The summed E-state index contributed by atoms with van der Waals surface area (Å²) < 4.78 is 44.1. The van der Waals surface area contributed by atoms with Crippen LogP contribution in [0.25, 0.3) is 0 Å². The van der Waals surface area contributed by atoms with Crippen molar-refractivity contribution in [2.24, 2.45) is 0 Å². The lowest BCUT2D eigenvalue weighted by atomic mass is 9.82. The summed E-state index contributed by atoms with van der Waals surface area (Å²) >= 11 is 0. The van der Waals surface area contributed by atoms with Gasteiger partial charge >= 0.3 is 29.8 Å². The lowest BCUT2D eigenvalue weighted by Gasteiger charge is -2.43. The van der Waals surface area contributed by atoms with Gasteiger partial charge in [0.05, 0.1) is 20.0 Å². The molecule has 0 unspecified atom stereocenters. The van der Waals surface area contributed by atoms with Crippen LogP contribution < -0.4 is 10.1 Å². The molecule has 1 saturated heterocycles. The van der Waals surface area contributed by atoms with Crippen molar-refractivity contribution >= 4 is 35.5 Å². The minimum absolute atomic E-state index is 0.220. The zero-order valence-electron chi connectivity index (χ0n) is 25.8. The van der Waals surface area contributed by atoms with Crippen molar-refractivity contribution < 1.29 is 61.9 Å². The molecule has 1 aromatic rings. The fourth-order valence-corrected chi connectivity index (χ4v) is 5.08. The molecule has 7 atom stereocenters. The van der Waals surface area contributed by atoms with Gasteiger partial charge in [-0.15, -0.1) is 0 Å². The molecule has 0 aromatic heterocycles. The molecule has 14 heteroatoms. The van der Waals surface area contributed by atoms with Gasteiger partial charge in [-0.05, 0) is 49.6 Å². The Labute approximate surface area is 255 Å². The molecule has 0 aliphatic carbocycles. The maximum absolute atomic E-state index is 12.7. The number of esters is 5. The van der Waals surface area contributed by atoms with Crippen LogP contribution in [0.15, 0.2) is 30.0 Å². The molecular weight excluding hydrogens is 582 g/mol. The molecule has 242 valence electrons. The van der Waals surface area contributed by atoms with Crippen LogP contribution in [0.5, 0.6) is 5.75 Å². The molecule has 0 saturated carbocycles. The Kier molecular flexibility index (Phi) is 12.0. The van der Waals surface area contributed by atoms with Crippen molar-refractivity contribution in [1.82, 2.24) is 0 Å². The highest BCUT2D eigenvalue weighted by Crippen LogP contribution is 2.41. The Hall–Kier alpha value is -4.33. The van der Waals surface area contributed by atoms with Crippen LogP contribution >= 0.6 is 0 Å². The molecule has 0 amide bonds. The van der Waals surface area contributed by atoms with Crippen molar-refractivity contribution in [3.8, 4) is 5.75 Å². The smallest absolute Gasteiger partial charge is 0.328 e. The van der Waals surface area contributed by atoms with Gasteiger partial charge in [0.2, 0.25) is 12.4 Å². The molecule has 1 aromatic carbocycles. The average Bonchev–Trinajstić information content (AvgIpc) is 2.95.